The van der Waals surface area contributed by atoms with E-state index in [0.29, 0.717) is 23.8 Å². The topological polar surface area (TPSA) is 65.4 Å². The van der Waals surface area contributed by atoms with Crippen molar-refractivity contribution in [2.24, 2.45) is 0 Å². The highest BCUT2D eigenvalue weighted by Crippen LogP contribution is 2.32. The molecule has 0 fully saturated rings. The first-order valence-electron chi connectivity index (χ1n) is 10.0. The molecule has 164 valence electrons. The molecule has 6 nitrogen and oxygen atoms in total. The molecule has 4 aromatic rings. The Labute approximate surface area is 189 Å². The number of esters is 1. The third-order valence-electron chi connectivity index (χ3n) is 4.86. The molecule has 0 aliphatic heterocycles. The molecule has 2 aromatic heterocycles. The number of rotatable bonds is 7. The van der Waals surface area contributed by atoms with Gasteiger partial charge in [0, 0.05) is 17.0 Å². The third-order valence-corrected chi connectivity index (χ3v) is 5.71. The predicted molar refractivity (Wildman–Crippen MR) is 124 cm³/mol. The number of nitrogens with zero attached hydrogens (tertiary/aromatic N) is 2. The highest BCUT2D eigenvalue weighted by Gasteiger charge is 2.18. The Morgan fingerprint density at radius 1 is 1.19 bits per heavy atom. The van der Waals surface area contributed by atoms with Gasteiger partial charge in [-0.1, -0.05) is 12.1 Å². The molecule has 0 saturated heterocycles. The molecular formula is C24H22FN3O3S. The lowest BCUT2D eigenvalue weighted by atomic mass is 10.1. The minimum atomic E-state index is -0.560. The Hall–Kier alpha value is -3.65. The number of halogens is 1. The SMILES string of the molecule is CCOc1cccc(-c2cc(Nc3cc(F)ccc3C(=O)OC)n(-c3cscc3C)n2)c1. The monoisotopic (exact) mass is 451 g/mol. The molecular weight excluding hydrogens is 429 g/mol. The van der Waals surface area contributed by atoms with Gasteiger partial charge in [0.25, 0.3) is 0 Å². The minimum absolute atomic E-state index is 0.226. The van der Waals surface area contributed by atoms with Crippen molar-refractivity contribution in [2.75, 3.05) is 19.0 Å². The number of nitrogens with one attached hydrogen (secondary N) is 1. The molecule has 0 atom stereocenters. The van der Waals surface area contributed by atoms with Gasteiger partial charge in [0.1, 0.15) is 17.4 Å². The van der Waals surface area contributed by atoms with Gasteiger partial charge in [0.05, 0.1) is 36.3 Å². The second kappa shape index (κ2) is 9.23. The van der Waals surface area contributed by atoms with Gasteiger partial charge in [0.2, 0.25) is 0 Å². The summed E-state index contributed by atoms with van der Waals surface area (Å²) in [6.45, 7) is 4.49. The fourth-order valence-corrected chi connectivity index (χ4v) is 4.13. The zero-order valence-electron chi connectivity index (χ0n) is 17.9. The van der Waals surface area contributed by atoms with Crippen LogP contribution in [0, 0.1) is 12.7 Å². The van der Waals surface area contributed by atoms with Crippen molar-refractivity contribution >= 4 is 28.8 Å². The molecule has 0 bridgehead atoms. The summed E-state index contributed by atoms with van der Waals surface area (Å²) in [4.78, 5) is 12.2. The molecule has 0 unspecified atom stereocenters. The zero-order chi connectivity index (χ0) is 22.7. The molecule has 0 saturated carbocycles. The number of ether oxygens (including phenoxy) is 2. The van der Waals surface area contributed by atoms with Crippen LogP contribution < -0.4 is 10.1 Å². The Kier molecular flexibility index (Phi) is 6.23. The van der Waals surface area contributed by atoms with E-state index in [2.05, 4.69) is 5.32 Å². The molecule has 4 rings (SSSR count). The van der Waals surface area contributed by atoms with Gasteiger partial charge in [-0.25, -0.2) is 13.9 Å². The van der Waals surface area contributed by atoms with Gasteiger partial charge in [-0.3, -0.25) is 0 Å². The van der Waals surface area contributed by atoms with Crippen LogP contribution in [-0.2, 0) is 4.74 Å². The lowest BCUT2D eigenvalue weighted by Gasteiger charge is -2.12. The van der Waals surface area contributed by atoms with E-state index >= 15 is 0 Å². The molecule has 2 heterocycles. The first kappa shape index (κ1) is 21.6. The van der Waals surface area contributed by atoms with Crippen LogP contribution in [0.5, 0.6) is 5.75 Å². The number of thiophene rings is 1. The number of hydrogen-bond acceptors (Lipinski definition) is 6. The van der Waals surface area contributed by atoms with Crippen molar-refractivity contribution in [1.82, 2.24) is 9.78 Å². The summed E-state index contributed by atoms with van der Waals surface area (Å²) in [5, 5.41) is 12.0. The number of benzene rings is 2. The Balaban J connectivity index is 1.82. The van der Waals surface area contributed by atoms with Gasteiger partial charge >= 0.3 is 5.97 Å². The molecule has 0 aliphatic carbocycles. The maximum absolute atomic E-state index is 14.0. The van der Waals surface area contributed by atoms with Crippen LogP contribution in [0.3, 0.4) is 0 Å². The Bertz CT molecular complexity index is 1270. The largest absolute Gasteiger partial charge is 0.494 e. The highest BCUT2D eigenvalue weighted by atomic mass is 32.1. The molecule has 8 heteroatoms. The quantitative estimate of drug-likeness (QED) is 0.350. The van der Waals surface area contributed by atoms with Crippen LogP contribution in [0.4, 0.5) is 15.9 Å². The Morgan fingerprint density at radius 2 is 2.03 bits per heavy atom. The van der Waals surface area contributed by atoms with Crippen LogP contribution >= 0.6 is 11.3 Å². The smallest absolute Gasteiger partial charge is 0.339 e. The summed E-state index contributed by atoms with van der Waals surface area (Å²) in [6, 6.07) is 13.4. The summed E-state index contributed by atoms with van der Waals surface area (Å²) in [7, 11) is 1.29. The third kappa shape index (κ3) is 4.36. The van der Waals surface area contributed by atoms with E-state index in [0.717, 1.165) is 22.6 Å². The summed E-state index contributed by atoms with van der Waals surface area (Å²) < 4.78 is 26.2. The van der Waals surface area contributed by atoms with Gasteiger partial charge in [0.15, 0.2) is 0 Å². The summed E-state index contributed by atoms with van der Waals surface area (Å²) in [5.41, 5.74) is 4.03. The molecule has 0 spiro atoms. The van der Waals surface area contributed by atoms with Gasteiger partial charge in [-0.2, -0.15) is 5.10 Å². The van der Waals surface area contributed by atoms with Gasteiger partial charge in [-0.15, -0.1) is 11.3 Å². The lowest BCUT2D eigenvalue weighted by molar-refractivity contribution is 0.0602. The second-order valence-electron chi connectivity index (χ2n) is 7.03. The van der Waals surface area contributed by atoms with Crippen LogP contribution in [0.15, 0.2) is 59.3 Å². The van der Waals surface area contributed by atoms with E-state index in [-0.39, 0.29) is 5.56 Å². The fraction of sp³-hybridized carbons (Fsp3) is 0.167. The maximum Gasteiger partial charge on any atom is 0.339 e. The maximum atomic E-state index is 14.0. The summed E-state index contributed by atoms with van der Waals surface area (Å²) in [5.74, 6) is 0.301. The van der Waals surface area contributed by atoms with E-state index in [4.69, 9.17) is 14.6 Å². The number of carbonyl (C=O) groups excluding carboxylic acids is 1. The second-order valence-corrected chi connectivity index (χ2v) is 7.78. The number of hydrogen-bond donors (Lipinski definition) is 1. The number of methoxy groups -OCH3 is 1. The van der Waals surface area contributed by atoms with Crippen molar-refractivity contribution in [1.29, 1.82) is 0 Å². The van der Waals surface area contributed by atoms with Crippen molar-refractivity contribution in [2.45, 2.75) is 13.8 Å². The Morgan fingerprint density at radius 3 is 2.75 bits per heavy atom. The molecule has 32 heavy (non-hydrogen) atoms. The van der Waals surface area contributed by atoms with E-state index in [1.165, 1.54) is 25.3 Å². The first-order chi connectivity index (χ1) is 15.5. The summed E-state index contributed by atoms with van der Waals surface area (Å²) >= 11 is 1.56. The van der Waals surface area contributed by atoms with Crippen molar-refractivity contribution in [3.8, 4) is 22.7 Å². The highest BCUT2D eigenvalue weighted by molar-refractivity contribution is 7.08. The van der Waals surface area contributed by atoms with Crippen molar-refractivity contribution in [3.63, 3.8) is 0 Å². The average Bonchev–Trinajstić information content (AvgIpc) is 3.39. The molecule has 0 aliphatic rings. The molecule has 0 radical (unpaired) electrons. The van der Waals surface area contributed by atoms with Crippen molar-refractivity contribution in [3.05, 3.63) is 76.2 Å². The standard InChI is InChI=1S/C24H22FN3O3S/c1-4-31-18-7-5-6-16(10-18)20-12-23(28(27-20)22-14-32-13-15(22)2)26-21-11-17(25)8-9-19(21)24(29)30-3/h5-14,26H,4H2,1-3H3. The minimum Gasteiger partial charge on any atom is -0.494 e. The lowest BCUT2D eigenvalue weighted by Crippen LogP contribution is -2.08. The van der Waals surface area contributed by atoms with Crippen molar-refractivity contribution < 1.29 is 18.7 Å². The van der Waals surface area contributed by atoms with E-state index in [1.807, 2.05) is 54.9 Å². The summed E-state index contributed by atoms with van der Waals surface area (Å²) in [6.07, 6.45) is 0. The molecule has 1 N–H and O–H groups in total. The van der Waals surface area contributed by atoms with Crippen LogP contribution in [0.1, 0.15) is 22.8 Å². The van der Waals surface area contributed by atoms with E-state index < -0.39 is 11.8 Å². The molecule has 0 amide bonds. The molecule has 2 aromatic carbocycles. The zero-order valence-corrected chi connectivity index (χ0v) is 18.7. The van der Waals surface area contributed by atoms with Crippen LogP contribution in [-0.4, -0.2) is 29.5 Å². The van der Waals surface area contributed by atoms with Gasteiger partial charge in [-0.05, 0) is 55.1 Å². The normalized spacial score (nSPS) is 10.8. The fourth-order valence-electron chi connectivity index (χ4n) is 3.32. The van der Waals surface area contributed by atoms with Crippen LogP contribution in [0.25, 0.3) is 16.9 Å². The number of anilines is 2. The van der Waals surface area contributed by atoms with Gasteiger partial charge < -0.3 is 14.8 Å². The van der Waals surface area contributed by atoms with E-state index in [9.17, 15) is 9.18 Å². The number of aromatic nitrogens is 2. The number of carbonyl (C=O) groups is 1. The average molecular weight is 452 g/mol. The number of aryl methyl sites for hydroxylation is 1. The predicted octanol–water partition coefficient (Wildman–Crippen LogP) is 5.98. The van der Waals surface area contributed by atoms with E-state index in [1.54, 1.807) is 16.0 Å². The first-order valence-corrected chi connectivity index (χ1v) is 11.0. The van der Waals surface area contributed by atoms with Crippen LogP contribution in [0.2, 0.25) is 0 Å².